The summed E-state index contributed by atoms with van der Waals surface area (Å²) in [7, 11) is 0. The Bertz CT molecular complexity index is 572. The first-order valence-corrected chi connectivity index (χ1v) is 8.73. The number of ether oxygens (including phenoxy) is 2. The highest BCUT2D eigenvalue weighted by Gasteiger charge is 2.20. The first-order chi connectivity index (χ1) is 11.8. The Morgan fingerprint density at radius 3 is 2.56 bits per heavy atom. The molecular formula is C19H28N2O4. The SMILES string of the molecule is CC(C)(C)C(=O)NCCC(=O)Nc1ccc(OC[C@H]2CCOC2)cc1. The van der Waals surface area contributed by atoms with E-state index in [0.29, 0.717) is 24.8 Å². The molecule has 0 radical (unpaired) electrons. The van der Waals surface area contributed by atoms with Crippen LogP contribution < -0.4 is 15.4 Å². The van der Waals surface area contributed by atoms with E-state index in [1.165, 1.54) is 0 Å². The van der Waals surface area contributed by atoms with E-state index in [0.717, 1.165) is 25.4 Å². The normalized spacial score (nSPS) is 17.2. The lowest BCUT2D eigenvalue weighted by Gasteiger charge is -2.17. The molecule has 1 saturated heterocycles. The fourth-order valence-electron chi connectivity index (χ4n) is 2.34. The van der Waals surface area contributed by atoms with Gasteiger partial charge in [0.2, 0.25) is 11.8 Å². The first-order valence-electron chi connectivity index (χ1n) is 8.73. The zero-order chi connectivity index (χ0) is 18.3. The Hall–Kier alpha value is -2.08. The number of hydrogen-bond donors (Lipinski definition) is 2. The molecule has 0 saturated carbocycles. The lowest BCUT2D eigenvalue weighted by Crippen LogP contribution is -2.36. The quantitative estimate of drug-likeness (QED) is 0.794. The summed E-state index contributed by atoms with van der Waals surface area (Å²) in [4.78, 5) is 23.7. The van der Waals surface area contributed by atoms with Crippen LogP contribution in [0, 0.1) is 11.3 Å². The predicted molar refractivity (Wildman–Crippen MR) is 96.6 cm³/mol. The fraction of sp³-hybridized carbons (Fsp3) is 0.579. The second-order valence-electron chi connectivity index (χ2n) is 7.37. The van der Waals surface area contributed by atoms with Crippen molar-refractivity contribution in [2.24, 2.45) is 11.3 Å². The van der Waals surface area contributed by atoms with Crippen molar-refractivity contribution in [3.8, 4) is 5.75 Å². The summed E-state index contributed by atoms with van der Waals surface area (Å²) in [5.41, 5.74) is 0.264. The number of carbonyl (C=O) groups is 2. The number of carbonyl (C=O) groups excluding carboxylic acids is 2. The lowest BCUT2D eigenvalue weighted by molar-refractivity contribution is -0.128. The average Bonchev–Trinajstić information content (AvgIpc) is 3.06. The maximum Gasteiger partial charge on any atom is 0.226 e. The molecule has 1 aromatic carbocycles. The summed E-state index contributed by atoms with van der Waals surface area (Å²) in [6, 6.07) is 7.30. The maximum absolute atomic E-state index is 11.9. The number of hydrogen-bond acceptors (Lipinski definition) is 4. The maximum atomic E-state index is 11.9. The molecule has 0 aliphatic carbocycles. The molecule has 2 N–H and O–H groups in total. The predicted octanol–water partition coefficient (Wildman–Crippen LogP) is 2.59. The monoisotopic (exact) mass is 348 g/mol. The van der Waals surface area contributed by atoms with Gasteiger partial charge in [-0.25, -0.2) is 0 Å². The third-order valence-electron chi connectivity index (χ3n) is 3.97. The third-order valence-corrected chi connectivity index (χ3v) is 3.97. The van der Waals surface area contributed by atoms with Crippen molar-refractivity contribution in [3.05, 3.63) is 24.3 Å². The van der Waals surface area contributed by atoms with Gasteiger partial charge in [-0.05, 0) is 30.7 Å². The Kier molecular flexibility index (Phi) is 6.82. The van der Waals surface area contributed by atoms with E-state index in [2.05, 4.69) is 10.6 Å². The molecule has 1 fully saturated rings. The summed E-state index contributed by atoms with van der Waals surface area (Å²) in [6.07, 6.45) is 1.28. The van der Waals surface area contributed by atoms with Crippen molar-refractivity contribution in [2.45, 2.75) is 33.6 Å². The van der Waals surface area contributed by atoms with Crippen LogP contribution in [0.3, 0.4) is 0 Å². The summed E-state index contributed by atoms with van der Waals surface area (Å²) >= 11 is 0. The summed E-state index contributed by atoms with van der Waals surface area (Å²) in [5.74, 6) is 1.05. The van der Waals surface area contributed by atoms with Crippen LogP contribution in [0.4, 0.5) is 5.69 Å². The van der Waals surface area contributed by atoms with E-state index < -0.39 is 5.41 Å². The molecule has 0 spiro atoms. The molecule has 0 unspecified atom stereocenters. The van der Waals surface area contributed by atoms with Gasteiger partial charge in [0.15, 0.2) is 0 Å². The molecule has 0 bridgehead atoms. The Morgan fingerprint density at radius 1 is 1.24 bits per heavy atom. The molecule has 1 heterocycles. The van der Waals surface area contributed by atoms with Gasteiger partial charge < -0.3 is 20.1 Å². The topological polar surface area (TPSA) is 76.7 Å². The van der Waals surface area contributed by atoms with Gasteiger partial charge in [-0.15, -0.1) is 0 Å². The molecule has 2 rings (SSSR count). The minimum Gasteiger partial charge on any atom is -0.493 e. The zero-order valence-electron chi connectivity index (χ0n) is 15.3. The van der Waals surface area contributed by atoms with Crippen LogP contribution in [-0.2, 0) is 14.3 Å². The smallest absolute Gasteiger partial charge is 0.226 e. The third kappa shape index (κ3) is 6.74. The van der Waals surface area contributed by atoms with Crippen LogP contribution in [0.5, 0.6) is 5.75 Å². The summed E-state index contributed by atoms with van der Waals surface area (Å²) in [5, 5.41) is 5.57. The molecule has 6 nitrogen and oxygen atoms in total. The molecule has 0 aromatic heterocycles. The average molecular weight is 348 g/mol. The number of anilines is 1. The number of benzene rings is 1. The zero-order valence-corrected chi connectivity index (χ0v) is 15.3. The van der Waals surface area contributed by atoms with Gasteiger partial charge in [0, 0.05) is 36.6 Å². The van der Waals surface area contributed by atoms with Crippen molar-refractivity contribution in [1.82, 2.24) is 5.32 Å². The van der Waals surface area contributed by atoms with Crippen molar-refractivity contribution in [2.75, 3.05) is 31.7 Å². The van der Waals surface area contributed by atoms with Gasteiger partial charge in [0.05, 0.1) is 13.2 Å². The second kappa shape index (κ2) is 8.85. The second-order valence-corrected chi connectivity index (χ2v) is 7.37. The van der Waals surface area contributed by atoms with Gasteiger partial charge >= 0.3 is 0 Å². The molecule has 1 aliphatic rings. The molecule has 25 heavy (non-hydrogen) atoms. The van der Waals surface area contributed by atoms with Crippen molar-refractivity contribution in [1.29, 1.82) is 0 Å². The Labute approximate surface area is 149 Å². The van der Waals surface area contributed by atoms with E-state index in [9.17, 15) is 9.59 Å². The molecular weight excluding hydrogens is 320 g/mol. The number of amides is 2. The van der Waals surface area contributed by atoms with E-state index in [1.807, 2.05) is 45.0 Å². The largest absolute Gasteiger partial charge is 0.493 e. The lowest BCUT2D eigenvalue weighted by atomic mass is 9.96. The van der Waals surface area contributed by atoms with Crippen molar-refractivity contribution < 1.29 is 19.1 Å². The van der Waals surface area contributed by atoms with Gasteiger partial charge in [0.1, 0.15) is 5.75 Å². The van der Waals surface area contributed by atoms with Gasteiger partial charge in [-0.3, -0.25) is 9.59 Å². The molecule has 1 aliphatic heterocycles. The van der Waals surface area contributed by atoms with Gasteiger partial charge in [-0.1, -0.05) is 20.8 Å². The number of nitrogens with one attached hydrogen (secondary N) is 2. The van der Waals surface area contributed by atoms with Gasteiger partial charge in [0.25, 0.3) is 0 Å². The molecule has 1 aromatic rings. The van der Waals surface area contributed by atoms with Crippen molar-refractivity contribution >= 4 is 17.5 Å². The van der Waals surface area contributed by atoms with E-state index >= 15 is 0 Å². The van der Waals surface area contributed by atoms with Crippen LogP contribution in [0.15, 0.2) is 24.3 Å². The number of rotatable bonds is 7. The highest BCUT2D eigenvalue weighted by Crippen LogP contribution is 2.19. The van der Waals surface area contributed by atoms with E-state index in [-0.39, 0.29) is 18.2 Å². The Balaban J connectivity index is 1.69. The van der Waals surface area contributed by atoms with Crippen LogP contribution in [-0.4, -0.2) is 38.2 Å². The minimum atomic E-state index is -0.447. The molecule has 138 valence electrons. The summed E-state index contributed by atoms with van der Waals surface area (Å²) in [6.45, 7) is 8.07. The highest BCUT2D eigenvalue weighted by molar-refractivity contribution is 5.91. The van der Waals surface area contributed by atoms with Crippen LogP contribution in [0.25, 0.3) is 0 Å². The van der Waals surface area contributed by atoms with Crippen LogP contribution in [0.1, 0.15) is 33.6 Å². The van der Waals surface area contributed by atoms with Crippen molar-refractivity contribution in [3.63, 3.8) is 0 Å². The minimum absolute atomic E-state index is 0.0607. The van der Waals surface area contributed by atoms with E-state index in [1.54, 1.807) is 0 Å². The molecule has 1 atom stereocenters. The fourth-order valence-corrected chi connectivity index (χ4v) is 2.34. The van der Waals surface area contributed by atoms with Crippen LogP contribution >= 0.6 is 0 Å². The summed E-state index contributed by atoms with van der Waals surface area (Å²) < 4.78 is 11.1. The highest BCUT2D eigenvalue weighted by atomic mass is 16.5. The van der Waals surface area contributed by atoms with E-state index in [4.69, 9.17) is 9.47 Å². The molecule has 6 heteroatoms. The van der Waals surface area contributed by atoms with Gasteiger partial charge in [-0.2, -0.15) is 0 Å². The first kappa shape index (κ1) is 19.2. The van der Waals surface area contributed by atoms with Crippen LogP contribution in [0.2, 0.25) is 0 Å². The molecule has 2 amide bonds. The standard InChI is InChI=1S/C19H28N2O4/c1-19(2,3)18(23)20-10-8-17(22)21-15-4-6-16(7-5-15)25-13-14-9-11-24-12-14/h4-7,14H,8-13H2,1-3H3,(H,20,23)(H,21,22)/t14-/m0/s1. The Morgan fingerprint density at radius 2 is 1.96 bits per heavy atom.